The lowest BCUT2D eigenvalue weighted by Gasteiger charge is -2.21. The Hall–Kier alpha value is -1.03. The minimum atomic E-state index is 0.203. The summed E-state index contributed by atoms with van der Waals surface area (Å²) in [7, 11) is 0. The van der Waals surface area contributed by atoms with Gasteiger partial charge in [0.15, 0.2) is 5.75 Å². The fraction of sp³-hybridized carbons (Fsp3) is 0.769. The molecular formula is C13H25N3O. The van der Waals surface area contributed by atoms with Crippen LogP contribution in [0.1, 0.15) is 34.1 Å². The monoisotopic (exact) mass is 239 g/mol. The van der Waals surface area contributed by atoms with Crippen LogP contribution in [0.4, 0.5) is 0 Å². The highest BCUT2D eigenvalue weighted by molar-refractivity contribution is 5.12. The van der Waals surface area contributed by atoms with Crippen molar-refractivity contribution >= 4 is 0 Å². The molecule has 1 heterocycles. The molecule has 0 aliphatic heterocycles. The van der Waals surface area contributed by atoms with E-state index in [9.17, 15) is 0 Å². The lowest BCUT2D eigenvalue weighted by molar-refractivity contribution is 0.149. The first-order chi connectivity index (χ1) is 8.17. The zero-order valence-electron chi connectivity index (χ0n) is 11.4. The van der Waals surface area contributed by atoms with Gasteiger partial charge in [-0.3, -0.25) is 4.68 Å². The van der Waals surface area contributed by atoms with Gasteiger partial charge in [0.05, 0.1) is 12.4 Å². The van der Waals surface area contributed by atoms with Gasteiger partial charge in [0, 0.05) is 13.1 Å². The standard InChI is InChI=1S/C13H25N3O/c1-5-7-16-10-12(8-15-16)17-13(11(3)4)9-14-6-2/h8,10-11,13-14H,5-7,9H2,1-4H3. The Labute approximate surface area is 104 Å². The summed E-state index contributed by atoms with van der Waals surface area (Å²) in [4.78, 5) is 0. The van der Waals surface area contributed by atoms with Gasteiger partial charge in [-0.1, -0.05) is 27.7 Å². The zero-order valence-corrected chi connectivity index (χ0v) is 11.4. The lowest BCUT2D eigenvalue weighted by Crippen LogP contribution is -2.35. The smallest absolute Gasteiger partial charge is 0.157 e. The van der Waals surface area contributed by atoms with Crippen LogP contribution in [0, 0.1) is 5.92 Å². The Morgan fingerprint density at radius 2 is 2.18 bits per heavy atom. The summed E-state index contributed by atoms with van der Waals surface area (Å²) in [5, 5.41) is 7.60. The third-order valence-electron chi connectivity index (χ3n) is 2.69. The molecule has 0 amide bonds. The van der Waals surface area contributed by atoms with Crippen LogP contribution in [0.25, 0.3) is 0 Å². The van der Waals surface area contributed by atoms with Crippen LogP contribution in [0.15, 0.2) is 12.4 Å². The fourth-order valence-electron chi connectivity index (χ4n) is 1.63. The summed E-state index contributed by atoms with van der Waals surface area (Å²) in [6.07, 6.45) is 5.07. The Bertz CT molecular complexity index is 309. The van der Waals surface area contributed by atoms with E-state index in [1.807, 2.05) is 10.9 Å². The number of likely N-dealkylation sites (N-methyl/N-ethyl adjacent to an activating group) is 1. The highest BCUT2D eigenvalue weighted by Crippen LogP contribution is 2.14. The molecule has 1 aromatic heterocycles. The van der Waals surface area contributed by atoms with Gasteiger partial charge in [0.25, 0.3) is 0 Å². The molecular weight excluding hydrogens is 214 g/mol. The van der Waals surface area contributed by atoms with Gasteiger partial charge in [0.1, 0.15) is 6.10 Å². The summed E-state index contributed by atoms with van der Waals surface area (Å²) >= 11 is 0. The van der Waals surface area contributed by atoms with E-state index < -0.39 is 0 Å². The molecule has 0 aliphatic carbocycles. The van der Waals surface area contributed by atoms with Gasteiger partial charge in [-0.2, -0.15) is 5.10 Å². The minimum Gasteiger partial charge on any atom is -0.486 e. The maximum absolute atomic E-state index is 5.96. The highest BCUT2D eigenvalue weighted by atomic mass is 16.5. The molecule has 1 unspecified atom stereocenters. The van der Waals surface area contributed by atoms with E-state index in [2.05, 4.69) is 38.1 Å². The number of nitrogens with zero attached hydrogens (tertiary/aromatic N) is 2. The van der Waals surface area contributed by atoms with Crippen LogP contribution in [0.5, 0.6) is 5.75 Å². The maximum Gasteiger partial charge on any atom is 0.157 e. The molecule has 0 aliphatic rings. The van der Waals surface area contributed by atoms with E-state index in [4.69, 9.17) is 4.74 Å². The van der Waals surface area contributed by atoms with Gasteiger partial charge < -0.3 is 10.1 Å². The third-order valence-corrected chi connectivity index (χ3v) is 2.69. The minimum absolute atomic E-state index is 0.203. The summed E-state index contributed by atoms with van der Waals surface area (Å²) in [6.45, 7) is 11.4. The second kappa shape index (κ2) is 7.33. The Balaban J connectivity index is 2.52. The summed E-state index contributed by atoms with van der Waals surface area (Å²) in [5.41, 5.74) is 0. The van der Waals surface area contributed by atoms with Crippen molar-refractivity contribution in [3.8, 4) is 5.75 Å². The Kier molecular flexibility index (Phi) is 6.05. The van der Waals surface area contributed by atoms with Gasteiger partial charge in [-0.05, 0) is 18.9 Å². The largest absolute Gasteiger partial charge is 0.486 e. The SMILES string of the molecule is CCCn1cc(OC(CNCC)C(C)C)cn1. The number of aromatic nitrogens is 2. The lowest BCUT2D eigenvalue weighted by atomic mass is 10.1. The van der Waals surface area contributed by atoms with Gasteiger partial charge in [-0.15, -0.1) is 0 Å². The molecule has 1 aromatic rings. The average molecular weight is 239 g/mol. The van der Waals surface area contributed by atoms with Crippen molar-refractivity contribution in [2.24, 2.45) is 5.92 Å². The van der Waals surface area contributed by atoms with Crippen molar-refractivity contribution in [2.75, 3.05) is 13.1 Å². The number of aryl methyl sites for hydroxylation is 1. The van der Waals surface area contributed by atoms with Crippen LogP contribution in [-0.4, -0.2) is 29.0 Å². The average Bonchev–Trinajstić information content (AvgIpc) is 2.72. The quantitative estimate of drug-likeness (QED) is 0.756. The van der Waals surface area contributed by atoms with Crippen molar-refractivity contribution in [3.63, 3.8) is 0 Å². The molecule has 0 radical (unpaired) electrons. The number of nitrogens with one attached hydrogen (secondary N) is 1. The number of hydrogen-bond acceptors (Lipinski definition) is 3. The number of rotatable bonds is 8. The summed E-state index contributed by atoms with van der Waals surface area (Å²) in [6, 6.07) is 0. The fourth-order valence-corrected chi connectivity index (χ4v) is 1.63. The molecule has 0 bridgehead atoms. The van der Waals surface area contributed by atoms with Crippen LogP contribution < -0.4 is 10.1 Å². The first kappa shape index (κ1) is 14.0. The topological polar surface area (TPSA) is 39.1 Å². The molecule has 1 N–H and O–H groups in total. The normalized spacial score (nSPS) is 13.0. The van der Waals surface area contributed by atoms with Gasteiger partial charge in [-0.25, -0.2) is 0 Å². The van der Waals surface area contributed by atoms with E-state index in [-0.39, 0.29) is 6.10 Å². The zero-order chi connectivity index (χ0) is 12.7. The molecule has 0 spiro atoms. The molecule has 17 heavy (non-hydrogen) atoms. The molecule has 0 saturated carbocycles. The van der Waals surface area contributed by atoms with Crippen molar-refractivity contribution in [3.05, 3.63) is 12.4 Å². The molecule has 0 aromatic carbocycles. The molecule has 1 rings (SSSR count). The maximum atomic E-state index is 5.96. The second-order valence-corrected chi connectivity index (χ2v) is 4.65. The first-order valence-corrected chi connectivity index (χ1v) is 6.57. The van der Waals surface area contributed by atoms with Gasteiger partial charge >= 0.3 is 0 Å². The summed E-state index contributed by atoms with van der Waals surface area (Å²) in [5.74, 6) is 1.36. The van der Waals surface area contributed by atoms with E-state index in [0.29, 0.717) is 5.92 Å². The number of ether oxygens (including phenoxy) is 1. The van der Waals surface area contributed by atoms with Crippen LogP contribution in [0.2, 0.25) is 0 Å². The Morgan fingerprint density at radius 3 is 2.76 bits per heavy atom. The molecule has 4 heteroatoms. The second-order valence-electron chi connectivity index (χ2n) is 4.65. The van der Waals surface area contributed by atoms with E-state index in [1.54, 1.807) is 6.20 Å². The van der Waals surface area contributed by atoms with Crippen LogP contribution in [0.3, 0.4) is 0 Å². The third kappa shape index (κ3) is 4.77. The molecule has 98 valence electrons. The van der Waals surface area contributed by atoms with Crippen LogP contribution in [-0.2, 0) is 6.54 Å². The predicted molar refractivity (Wildman–Crippen MR) is 70.3 cm³/mol. The van der Waals surface area contributed by atoms with Crippen LogP contribution >= 0.6 is 0 Å². The van der Waals surface area contributed by atoms with Crippen molar-refractivity contribution in [1.29, 1.82) is 0 Å². The Morgan fingerprint density at radius 1 is 1.41 bits per heavy atom. The van der Waals surface area contributed by atoms with E-state index in [0.717, 1.165) is 31.8 Å². The van der Waals surface area contributed by atoms with Crippen molar-refractivity contribution < 1.29 is 4.74 Å². The summed E-state index contributed by atoms with van der Waals surface area (Å²) < 4.78 is 7.89. The molecule has 0 saturated heterocycles. The molecule has 1 atom stereocenters. The number of hydrogen-bond donors (Lipinski definition) is 1. The predicted octanol–water partition coefficient (Wildman–Crippen LogP) is 2.31. The van der Waals surface area contributed by atoms with E-state index in [1.165, 1.54) is 0 Å². The van der Waals surface area contributed by atoms with Gasteiger partial charge in [0.2, 0.25) is 0 Å². The van der Waals surface area contributed by atoms with Crippen molar-refractivity contribution in [2.45, 2.75) is 46.8 Å². The molecule has 0 fully saturated rings. The first-order valence-electron chi connectivity index (χ1n) is 6.57. The van der Waals surface area contributed by atoms with Crippen molar-refractivity contribution in [1.82, 2.24) is 15.1 Å². The highest BCUT2D eigenvalue weighted by Gasteiger charge is 2.15. The molecule has 4 nitrogen and oxygen atoms in total. The van der Waals surface area contributed by atoms with E-state index >= 15 is 0 Å².